The number of hydrogen-bond donors (Lipinski definition) is 1. The van der Waals surface area contributed by atoms with Gasteiger partial charge in [-0.1, -0.05) is 5.16 Å². The summed E-state index contributed by atoms with van der Waals surface area (Å²) in [6, 6.07) is 1.62. The highest BCUT2D eigenvalue weighted by Gasteiger charge is 2.36. The Morgan fingerprint density at radius 1 is 1.33 bits per heavy atom. The van der Waals surface area contributed by atoms with E-state index < -0.39 is 25.6 Å². The molecule has 0 saturated carbocycles. The van der Waals surface area contributed by atoms with Crippen LogP contribution in [0.1, 0.15) is 45.0 Å². The van der Waals surface area contributed by atoms with Gasteiger partial charge in [0.1, 0.15) is 10.5 Å². The number of aryl methyl sites for hydroxylation is 1. The fourth-order valence-electron chi connectivity index (χ4n) is 1.86. The van der Waals surface area contributed by atoms with Crippen molar-refractivity contribution in [2.75, 3.05) is 11.6 Å². The van der Waals surface area contributed by atoms with Crippen molar-refractivity contribution in [1.82, 2.24) is 10.1 Å². The molecular weight excluding hydrogens is 330 g/mol. The quantitative estimate of drug-likeness (QED) is 0.829. The smallest absolute Gasteiger partial charge is 0.244 e. The lowest BCUT2D eigenvalue weighted by molar-refractivity contribution is -0.117. The number of hydrogen-bond acceptors (Lipinski definition) is 6. The number of nitrogens with zero attached hydrogens (tertiary/aromatic N) is 2. The molecule has 0 fully saturated rings. The van der Waals surface area contributed by atoms with Gasteiger partial charge >= 0.3 is 0 Å². The lowest BCUT2D eigenvalue weighted by Crippen LogP contribution is -2.43. The van der Waals surface area contributed by atoms with Crippen LogP contribution in [-0.4, -0.2) is 37.1 Å². The van der Waals surface area contributed by atoms with E-state index in [9.17, 15) is 9.00 Å². The van der Waals surface area contributed by atoms with E-state index in [0.717, 1.165) is 0 Å². The van der Waals surface area contributed by atoms with E-state index in [4.69, 9.17) is 8.94 Å². The van der Waals surface area contributed by atoms with E-state index in [1.165, 1.54) is 6.26 Å². The highest BCUT2D eigenvalue weighted by Crippen LogP contribution is 2.32. The predicted octanol–water partition coefficient (Wildman–Crippen LogP) is 2.36. The van der Waals surface area contributed by atoms with E-state index in [1.54, 1.807) is 33.0 Å². The third kappa shape index (κ3) is 3.24. The van der Waals surface area contributed by atoms with E-state index in [2.05, 4.69) is 21.3 Å². The standard InChI is InChI=1S/C16H23N3O4S/c1-10-17-9-12(22-10)15(2,3)11-8-13(23-19-11)18-14(20)16(4,5)24(6,7)21/h8-9H,6H2,1-5,7H3,(H,18,20). The van der Waals surface area contributed by atoms with Crippen LogP contribution in [0, 0.1) is 6.92 Å². The first kappa shape index (κ1) is 18.3. The van der Waals surface area contributed by atoms with Gasteiger partial charge in [-0.2, -0.15) is 0 Å². The van der Waals surface area contributed by atoms with Crippen LogP contribution in [0.4, 0.5) is 5.88 Å². The first-order valence-electron chi connectivity index (χ1n) is 7.39. The van der Waals surface area contributed by atoms with Crippen LogP contribution >= 0.6 is 0 Å². The first-order chi connectivity index (χ1) is 10.9. The predicted molar refractivity (Wildman–Crippen MR) is 93.8 cm³/mol. The van der Waals surface area contributed by atoms with Crippen molar-refractivity contribution in [3.63, 3.8) is 0 Å². The van der Waals surface area contributed by atoms with Gasteiger partial charge in [-0.15, -0.1) is 0 Å². The molecule has 1 unspecified atom stereocenters. The van der Waals surface area contributed by atoms with Gasteiger partial charge in [-0.25, -0.2) is 4.98 Å². The first-order valence-corrected chi connectivity index (χ1v) is 9.52. The summed E-state index contributed by atoms with van der Waals surface area (Å²) in [5, 5.41) is 6.61. The molecule has 0 aliphatic rings. The summed E-state index contributed by atoms with van der Waals surface area (Å²) >= 11 is 0. The largest absolute Gasteiger partial charge is 0.445 e. The van der Waals surface area contributed by atoms with Gasteiger partial charge in [0.25, 0.3) is 0 Å². The Hall–Kier alpha value is -2.09. The van der Waals surface area contributed by atoms with Crippen LogP contribution in [-0.2, 0) is 19.7 Å². The molecular formula is C16H23N3O4S. The maximum absolute atomic E-state index is 12.4. The number of carbonyl (C=O) groups excluding carboxylic acids is 1. The second-order valence-electron chi connectivity index (χ2n) is 6.91. The van der Waals surface area contributed by atoms with Crippen molar-refractivity contribution in [3.8, 4) is 0 Å². The monoisotopic (exact) mass is 353 g/mol. The molecule has 0 bridgehead atoms. The van der Waals surface area contributed by atoms with Gasteiger partial charge in [-0.05, 0) is 43.1 Å². The third-order valence-corrected chi connectivity index (χ3v) is 6.60. The van der Waals surface area contributed by atoms with Crippen LogP contribution in [0.5, 0.6) is 0 Å². The molecule has 2 aromatic rings. The number of oxazole rings is 1. The van der Waals surface area contributed by atoms with E-state index >= 15 is 0 Å². The molecule has 2 heterocycles. The molecule has 1 amide bonds. The van der Waals surface area contributed by atoms with Crippen LogP contribution in [0.15, 0.2) is 21.2 Å². The Kier molecular flexibility index (Phi) is 4.39. The van der Waals surface area contributed by atoms with Gasteiger partial charge in [0, 0.05) is 19.2 Å². The summed E-state index contributed by atoms with van der Waals surface area (Å²) in [6.45, 7) is 8.74. The second kappa shape index (κ2) is 5.77. The summed E-state index contributed by atoms with van der Waals surface area (Å²) in [4.78, 5) is 16.5. The Morgan fingerprint density at radius 3 is 2.46 bits per heavy atom. The van der Waals surface area contributed by atoms with Crippen LogP contribution in [0.3, 0.4) is 0 Å². The Labute approximate surface area is 141 Å². The number of aromatic nitrogens is 2. The molecule has 0 aromatic carbocycles. The van der Waals surface area contributed by atoms with E-state index in [1.807, 2.05) is 13.8 Å². The minimum Gasteiger partial charge on any atom is -0.445 e. The molecule has 1 N–H and O–H groups in total. The van der Waals surface area contributed by atoms with Gasteiger partial charge in [-0.3, -0.25) is 14.3 Å². The molecule has 0 radical (unpaired) electrons. The van der Waals surface area contributed by atoms with Gasteiger partial charge in [0.2, 0.25) is 11.8 Å². The van der Waals surface area contributed by atoms with Crippen molar-refractivity contribution in [2.24, 2.45) is 0 Å². The minimum absolute atomic E-state index is 0.177. The summed E-state index contributed by atoms with van der Waals surface area (Å²) < 4.78 is 21.8. The summed E-state index contributed by atoms with van der Waals surface area (Å²) in [7, 11) is -2.58. The minimum atomic E-state index is -2.58. The normalized spacial score (nSPS) is 15.1. The lowest BCUT2D eigenvalue weighted by atomic mass is 9.87. The van der Waals surface area contributed by atoms with Crippen LogP contribution in [0.25, 0.3) is 0 Å². The average molecular weight is 353 g/mol. The van der Waals surface area contributed by atoms with Crippen molar-refractivity contribution in [2.45, 2.75) is 44.8 Å². The fourth-order valence-corrected chi connectivity index (χ4v) is 2.31. The lowest BCUT2D eigenvalue weighted by Gasteiger charge is -2.24. The maximum atomic E-state index is 12.4. The number of amides is 1. The Balaban J connectivity index is 2.24. The third-order valence-electron chi connectivity index (χ3n) is 4.25. The van der Waals surface area contributed by atoms with Crippen LogP contribution in [0.2, 0.25) is 0 Å². The summed E-state index contributed by atoms with van der Waals surface area (Å²) in [6.07, 6.45) is 3.09. The fraction of sp³-hybridized carbons (Fsp3) is 0.500. The topological polar surface area (TPSA) is 98.2 Å². The second-order valence-corrected chi connectivity index (χ2v) is 9.94. The zero-order valence-corrected chi connectivity index (χ0v) is 15.6. The van der Waals surface area contributed by atoms with Crippen molar-refractivity contribution in [3.05, 3.63) is 29.6 Å². The average Bonchev–Trinajstić information content (AvgIpc) is 3.07. The highest BCUT2D eigenvalue weighted by atomic mass is 32.2. The van der Waals surface area contributed by atoms with Crippen molar-refractivity contribution in [1.29, 1.82) is 0 Å². The zero-order chi connectivity index (χ0) is 18.3. The molecule has 2 rings (SSSR count). The molecule has 0 aliphatic carbocycles. The highest BCUT2D eigenvalue weighted by molar-refractivity contribution is 8.01. The number of nitrogens with one attached hydrogen (secondary N) is 1. The molecule has 24 heavy (non-hydrogen) atoms. The molecule has 8 heteroatoms. The van der Waals surface area contributed by atoms with Crippen LogP contribution < -0.4 is 5.32 Å². The Bertz CT molecular complexity index is 860. The summed E-state index contributed by atoms with van der Waals surface area (Å²) in [5.74, 6) is 4.53. The number of rotatable bonds is 5. The van der Waals surface area contributed by atoms with Gasteiger partial charge < -0.3 is 8.94 Å². The molecule has 0 saturated heterocycles. The maximum Gasteiger partial charge on any atom is 0.244 e. The van der Waals surface area contributed by atoms with Crippen molar-refractivity contribution >= 4 is 27.2 Å². The number of anilines is 1. The molecule has 1 atom stereocenters. The zero-order valence-electron chi connectivity index (χ0n) is 14.8. The van der Waals surface area contributed by atoms with E-state index in [0.29, 0.717) is 17.3 Å². The molecule has 2 aromatic heterocycles. The Morgan fingerprint density at radius 2 is 1.96 bits per heavy atom. The molecule has 7 nitrogen and oxygen atoms in total. The molecule has 0 aliphatic heterocycles. The van der Waals surface area contributed by atoms with Gasteiger partial charge in [0.05, 0.1) is 17.3 Å². The molecule has 0 spiro atoms. The van der Waals surface area contributed by atoms with E-state index in [-0.39, 0.29) is 5.88 Å². The van der Waals surface area contributed by atoms with Crippen molar-refractivity contribution < 1.29 is 17.9 Å². The number of carbonyl (C=O) groups is 1. The molecule has 132 valence electrons. The summed E-state index contributed by atoms with van der Waals surface area (Å²) in [5.41, 5.74) is 0.00652. The SMILES string of the molecule is C=S(C)(=O)C(C)(C)C(=O)Nc1cc(C(C)(C)c2cnc(C)o2)no1. The van der Waals surface area contributed by atoms with Gasteiger partial charge in [0.15, 0.2) is 5.89 Å².